The molecule has 0 aromatic heterocycles. The SMILES string of the molecule is CC/C=C\C/C=C\C/C=C\C/C=C\C/C=C\C/C=C\C/C=C\C/C=C\C/C=C\C/C=C\C/C=C\C/C=C\CCCCC(=O)OC(CO)COC(=O)CCCCCCCCCC/C=C\C/C=C\C/C=C\C/C=C\C/C=C\C/C=C\C/C=C\C/C=C\C/C=C\C/C=C\CC. The highest BCUT2D eigenvalue weighted by atomic mass is 16.6. The zero-order valence-electron chi connectivity index (χ0n) is 57.9. The van der Waals surface area contributed by atoms with Crippen LogP contribution in [-0.4, -0.2) is 36.4 Å². The monoisotopic (exact) mass is 1250 g/mol. The van der Waals surface area contributed by atoms with Crippen molar-refractivity contribution in [1.82, 2.24) is 0 Å². The fourth-order valence-electron chi connectivity index (χ4n) is 8.74. The van der Waals surface area contributed by atoms with Gasteiger partial charge in [0.2, 0.25) is 0 Å². The van der Waals surface area contributed by atoms with Crippen molar-refractivity contribution in [2.24, 2.45) is 0 Å². The lowest BCUT2D eigenvalue weighted by molar-refractivity contribution is -0.161. The molecular weight excluding hydrogens is 1120 g/mol. The maximum atomic E-state index is 12.4. The fourth-order valence-corrected chi connectivity index (χ4v) is 8.74. The van der Waals surface area contributed by atoms with E-state index in [0.717, 1.165) is 180 Å². The first-order valence-corrected chi connectivity index (χ1v) is 35.9. The molecule has 0 spiro atoms. The Kier molecular flexibility index (Phi) is 72.6. The third kappa shape index (κ3) is 75.6. The van der Waals surface area contributed by atoms with Crippen LogP contribution in [0.4, 0.5) is 0 Å². The van der Waals surface area contributed by atoms with Crippen LogP contribution < -0.4 is 0 Å². The van der Waals surface area contributed by atoms with E-state index < -0.39 is 6.10 Å². The molecule has 0 fully saturated rings. The van der Waals surface area contributed by atoms with Crippen LogP contribution in [0.5, 0.6) is 0 Å². The Morgan fingerprint density at radius 2 is 0.435 bits per heavy atom. The maximum Gasteiger partial charge on any atom is 0.306 e. The molecule has 5 nitrogen and oxygen atoms in total. The number of ether oxygens (including phenoxy) is 2. The largest absolute Gasteiger partial charge is 0.462 e. The summed E-state index contributed by atoms with van der Waals surface area (Å²) in [4.78, 5) is 24.6. The third-order valence-electron chi connectivity index (χ3n) is 14.0. The molecule has 0 aliphatic carbocycles. The Bertz CT molecular complexity index is 2360. The van der Waals surface area contributed by atoms with E-state index in [9.17, 15) is 14.7 Å². The van der Waals surface area contributed by atoms with Crippen molar-refractivity contribution in [1.29, 1.82) is 0 Å². The van der Waals surface area contributed by atoms with E-state index in [2.05, 4.69) is 281 Å². The number of aliphatic hydroxyl groups is 1. The van der Waals surface area contributed by atoms with Crippen LogP contribution in [0.3, 0.4) is 0 Å². The van der Waals surface area contributed by atoms with Crippen LogP contribution in [0.25, 0.3) is 0 Å². The van der Waals surface area contributed by atoms with E-state index in [4.69, 9.17) is 9.47 Å². The van der Waals surface area contributed by atoms with Crippen molar-refractivity contribution in [2.75, 3.05) is 13.2 Å². The summed E-state index contributed by atoms with van der Waals surface area (Å²) < 4.78 is 10.7. The number of hydrogen-bond acceptors (Lipinski definition) is 5. The highest BCUT2D eigenvalue weighted by Crippen LogP contribution is 2.13. The molecule has 0 aromatic rings. The molecule has 506 valence electrons. The van der Waals surface area contributed by atoms with Crippen LogP contribution >= 0.6 is 0 Å². The van der Waals surface area contributed by atoms with Gasteiger partial charge in [0.15, 0.2) is 6.10 Å². The van der Waals surface area contributed by atoms with Crippen LogP contribution in [0.15, 0.2) is 267 Å². The van der Waals surface area contributed by atoms with Crippen LogP contribution in [0.1, 0.15) is 245 Å². The van der Waals surface area contributed by atoms with Gasteiger partial charge in [0.05, 0.1) is 6.61 Å². The first-order chi connectivity index (χ1) is 45.6. The Morgan fingerprint density at radius 1 is 0.250 bits per heavy atom. The van der Waals surface area contributed by atoms with Gasteiger partial charge in [-0.05, 0) is 180 Å². The first kappa shape index (κ1) is 85.2. The fraction of sp³-hybridized carbons (Fsp3) is 0.471. The average molecular weight is 1250 g/mol. The van der Waals surface area contributed by atoms with E-state index in [1.54, 1.807) is 0 Å². The van der Waals surface area contributed by atoms with Gasteiger partial charge in [-0.3, -0.25) is 9.59 Å². The number of carbonyl (C=O) groups is 2. The zero-order valence-corrected chi connectivity index (χ0v) is 57.9. The molecule has 0 heterocycles. The summed E-state index contributed by atoms with van der Waals surface area (Å²) in [6.07, 6.45) is 132. The molecular formula is C87H128O5. The quantitative estimate of drug-likeness (QED) is 0.0373. The van der Waals surface area contributed by atoms with Crippen molar-refractivity contribution in [2.45, 2.75) is 251 Å². The lowest BCUT2D eigenvalue weighted by Crippen LogP contribution is -2.28. The molecule has 1 unspecified atom stereocenters. The van der Waals surface area contributed by atoms with Gasteiger partial charge in [0, 0.05) is 12.8 Å². The molecule has 0 saturated carbocycles. The summed E-state index contributed by atoms with van der Waals surface area (Å²) in [6, 6.07) is 0. The molecule has 0 aliphatic rings. The molecule has 0 aliphatic heterocycles. The summed E-state index contributed by atoms with van der Waals surface area (Å²) in [5.41, 5.74) is 0. The van der Waals surface area contributed by atoms with Crippen LogP contribution in [0.2, 0.25) is 0 Å². The van der Waals surface area contributed by atoms with Gasteiger partial charge in [-0.15, -0.1) is 0 Å². The lowest BCUT2D eigenvalue weighted by atomic mass is 10.1. The van der Waals surface area contributed by atoms with E-state index in [0.29, 0.717) is 12.8 Å². The number of allylic oxidation sites excluding steroid dienone is 44. The minimum absolute atomic E-state index is 0.107. The van der Waals surface area contributed by atoms with Crippen molar-refractivity contribution in [3.05, 3.63) is 267 Å². The number of aliphatic hydroxyl groups excluding tert-OH is 1. The standard InChI is InChI=1S/C87H128O5/c1-3-5-7-9-11-13-15-17-19-21-23-25-27-29-31-33-35-37-39-41-43-45-47-49-51-53-55-57-59-61-63-65-67-69-71-73-75-77-79-81-86(89)91-84-85(83-88)92-87(90)82-80-78-76-74-72-70-68-66-64-62-60-58-56-54-52-50-48-46-44-42-40-38-36-34-32-30-28-26-24-22-20-18-16-14-12-10-8-6-4-2/h5-8,11-14,17-20,23-26,29-32,35-38,41-44,47-50,53-56,59-62,66,68,72,74,85,88H,3-4,9-10,15-16,21-22,27-28,33-34,39-40,45-46,51-52,57-58,63-65,67,69-71,73,75-84H2,1-2H3/b7-5-,8-6-,13-11-,14-12-,19-17-,20-18-,25-23-,26-24-,31-29-,32-30-,37-35-,38-36-,43-41-,44-42-,49-47-,50-48-,55-53-,56-54-,61-59-,62-60-,68-66-,74-72-. The van der Waals surface area contributed by atoms with Crippen molar-refractivity contribution >= 4 is 11.9 Å². The smallest absolute Gasteiger partial charge is 0.306 e. The van der Waals surface area contributed by atoms with Crippen molar-refractivity contribution in [3.8, 4) is 0 Å². The molecule has 0 amide bonds. The Labute approximate surface area is 564 Å². The Morgan fingerprint density at radius 3 is 0.674 bits per heavy atom. The molecule has 0 rings (SSSR count). The second-order valence-electron chi connectivity index (χ2n) is 22.5. The van der Waals surface area contributed by atoms with Gasteiger partial charge in [-0.25, -0.2) is 0 Å². The molecule has 0 aromatic carbocycles. The molecule has 5 heteroatoms. The average Bonchev–Trinajstić information content (AvgIpc) is 3.75. The summed E-state index contributed by atoms with van der Waals surface area (Å²) in [7, 11) is 0. The minimum atomic E-state index is -0.822. The van der Waals surface area contributed by atoms with E-state index in [-0.39, 0.29) is 31.6 Å². The van der Waals surface area contributed by atoms with E-state index >= 15 is 0 Å². The number of esters is 2. The number of rotatable bonds is 62. The molecule has 0 radical (unpaired) electrons. The normalized spacial score (nSPS) is 13.9. The molecule has 0 saturated heterocycles. The van der Waals surface area contributed by atoms with Gasteiger partial charge < -0.3 is 14.6 Å². The van der Waals surface area contributed by atoms with Gasteiger partial charge in [-0.1, -0.05) is 320 Å². The number of unbranched alkanes of at least 4 members (excludes halogenated alkanes) is 10. The van der Waals surface area contributed by atoms with Gasteiger partial charge >= 0.3 is 11.9 Å². The zero-order chi connectivity index (χ0) is 66.1. The maximum absolute atomic E-state index is 12.4. The molecule has 1 atom stereocenters. The second-order valence-corrected chi connectivity index (χ2v) is 22.5. The number of hydrogen-bond donors (Lipinski definition) is 1. The highest BCUT2D eigenvalue weighted by molar-refractivity contribution is 5.70. The Hall–Kier alpha value is -6.82. The highest BCUT2D eigenvalue weighted by Gasteiger charge is 2.16. The van der Waals surface area contributed by atoms with E-state index in [1.165, 1.54) is 32.1 Å². The molecule has 0 bridgehead atoms. The summed E-state index contributed by atoms with van der Waals surface area (Å²) in [5.74, 6) is -0.673. The predicted octanol–water partition coefficient (Wildman–Crippen LogP) is 25.8. The van der Waals surface area contributed by atoms with E-state index in [1.807, 2.05) is 0 Å². The van der Waals surface area contributed by atoms with Gasteiger partial charge in [0.25, 0.3) is 0 Å². The molecule has 92 heavy (non-hydrogen) atoms. The first-order valence-electron chi connectivity index (χ1n) is 35.9. The lowest BCUT2D eigenvalue weighted by Gasteiger charge is -2.15. The van der Waals surface area contributed by atoms with Crippen molar-refractivity contribution in [3.63, 3.8) is 0 Å². The minimum Gasteiger partial charge on any atom is -0.462 e. The summed E-state index contributed by atoms with van der Waals surface area (Å²) in [5, 5.41) is 9.70. The second kappa shape index (κ2) is 78.4. The van der Waals surface area contributed by atoms with Crippen molar-refractivity contribution < 1.29 is 24.2 Å². The number of carbonyl (C=O) groups excluding carboxylic acids is 2. The molecule has 1 N–H and O–H groups in total. The van der Waals surface area contributed by atoms with Crippen LogP contribution in [-0.2, 0) is 19.1 Å². The topological polar surface area (TPSA) is 72.8 Å². The Balaban J connectivity index is 3.71. The predicted molar refractivity (Wildman–Crippen MR) is 407 cm³/mol. The van der Waals surface area contributed by atoms with Gasteiger partial charge in [-0.2, -0.15) is 0 Å². The summed E-state index contributed by atoms with van der Waals surface area (Å²) >= 11 is 0. The van der Waals surface area contributed by atoms with Crippen LogP contribution in [0, 0.1) is 0 Å². The summed E-state index contributed by atoms with van der Waals surface area (Å²) in [6.45, 7) is 3.85. The third-order valence-corrected chi connectivity index (χ3v) is 14.0. The van der Waals surface area contributed by atoms with Gasteiger partial charge in [0.1, 0.15) is 6.61 Å².